The molecule has 0 radical (unpaired) electrons. The topological polar surface area (TPSA) is 82.8 Å². The highest BCUT2D eigenvalue weighted by Crippen LogP contribution is 2.31. The predicted molar refractivity (Wildman–Crippen MR) is 123 cm³/mol. The summed E-state index contributed by atoms with van der Waals surface area (Å²) in [6, 6.07) is 14.6. The summed E-state index contributed by atoms with van der Waals surface area (Å²) in [6.45, 7) is 1.63. The van der Waals surface area contributed by atoms with E-state index in [1.54, 1.807) is 31.3 Å². The monoisotopic (exact) mass is 433 g/mol. The molecule has 4 rings (SSSR count). The number of hydrogen-bond donors (Lipinski definition) is 0. The minimum absolute atomic E-state index is 0.167. The third-order valence-corrected chi connectivity index (χ3v) is 5.78. The van der Waals surface area contributed by atoms with Crippen molar-refractivity contribution in [3.8, 4) is 5.75 Å². The Bertz CT molecular complexity index is 1200. The standard InChI is InChI=1S/C25H27N3O4/c1-17(25(30)31-2)32-20-12-8-9-18(15-20)16-26-28-23(19-10-4-3-5-11-19)27-22-14-7-6-13-21(22)24(28)29/h6-9,12-17,19H,3-5,10-11H2,1-2H3/t17-/m0/s1. The van der Waals surface area contributed by atoms with Crippen LogP contribution in [0.2, 0.25) is 0 Å². The minimum atomic E-state index is -0.725. The Morgan fingerprint density at radius 1 is 1.16 bits per heavy atom. The van der Waals surface area contributed by atoms with Crippen LogP contribution in [0.5, 0.6) is 5.75 Å². The zero-order valence-electron chi connectivity index (χ0n) is 18.4. The molecule has 1 aliphatic rings. The van der Waals surface area contributed by atoms with Crippen molar-refractivity contribution in [1.29, 1.82) is 0 Å². The molecule has 0 unspecified atom stereocenters. The number of rotatable bonds is 6. The van der Waals surface area contributed by atoms with Crippen molar-refractivity contribution in [2.45, 2.75) is 51.0 Å². The van der Waals surface area contributed by atoms with Crippen molar-refractivity contribution < 1.29 is 14.3 Å². The van der Waals surface area contributed by atoms with E-state index in [2.05, 4.69) is 5.10 Å². The van der Waals surface area contributed by atoms with Crippen LogP contribution in [0.25, 0.3) is 10.9 Å². The Morgan fingerprint density at radius 2 is 1.94 bits per heavy atom. The van der Waals surface area contributed by atoms with Crippen LogP contribution in [0.15, 0.2) is 58.4 Å². The fourth-order valence-electron chi connectivity index (χ4n) is 4.09. The van der Waals surface area contributed by atoms with E-state index in [-0.39, 0.29) is 11.5 Å². The van der Waals surface area contributed by atoms with Crippen LogP contribution < -0.4 is 10.3 Å². The van der Waals surface area contributed by atoms with Gasteiger partial charge in [0, 0.05) is 5.92 Å². The molecular formula is C25H27N3O4. The SMILES string of the molecule is COC(=O)[C@H](C)Oc1cccc(C=Nn2c(C3CCCCC3)nc3ccccc3c2=O)c1. The normalized spacial score (nSPS) is 15.7. The van der Waals surface area contributed by atoms with Gasteiger partial charge in [-0.3, -0.25) is 4.79 Å². The molecule has 32 heavy (non-hydrogen) atoms. The quantitative estimate of drug-likeness (QED) is 0.428. The van der Waals surface area contributed by atoms with Crippen molar-refractivity contribution in [1.82, 2.24) is 9.66 Å². The summed E-state index contributed by atoms with van der Waals surface area (Å²) >= 11 is 0. The molecule has 2 aromatic carbocycles. The minimum Gasteiger partial charge on any atom is -0.479 e. The van der Waals surface area contributed by atoms with Crippen LogP contribution >= 0.6 is 0 Å². The summed E-state index contributed by atoms with van der Waals surface area (Å²) in [5.41, 5.74) is 1.28. The first kappa shape index (κ1) is 21.7. The Morgan fingerprint density at radius 3 is 2.72 bits per heavy atom. The number of aromatic nitrogens is 2. The van der Waals surface area contributed by atoms with Crippen molar-refractivity contribution in [2.24, 2.45) is 5.10 Å². The number of carbonyl (C=O) groups is 1. The van der Waals surface area contributed by atoms with Gasteiger partial charge in [0.05, 0.1) is 24.2 Å². The van der Waals surface area contributed by atoms with Crippen LogP contribution in [0.1, 0.15) is 56.3 Å². The molecule has 166 valence electrons. The lowest BCUT2D eigenvalue weighted by atomic mass is 9.88. The molecule has 0 amide bonds. The van der Waals surface area contributed by atoms with Crippen LogP contribution in [0.4, 0.5) is 0 Å². The van der Waals surface area contributed by atoms with Gasteiger partial charge in [-0.25, -0.2) is 9.78 Å². The molecule has 1 atom stereocenters. The zero-order valence-corrected chi connectivity index (χ0v) is 18.4. The lowest BCUT2D eigenvalue weighted by Gasteiger charge is -2.22. The van der Waals surface area contributed by atoms with Gasteiger partial charge < -0.3 is 9.47 Å². The van der Waals surface area contributed by atoms with Crippen molar-refractivity contribution in [3.05, 3.63) is 70.3 Å². The maximum atomic E-state index is 13.3. The summed E-state index contributed by atoms with van der Waals surface area (Å²) in [7, 11) is 1.32. The lowest BCUT2D eigenvalue weighted by Crippen LogP contribution is -2.25. The number of carbonyl (C=O) groups excluding carboxylic acids is 1. The van der Waals surface area contributed by atoms with Gasteiger partial charge in [-0.05, 0) is 49.6 Å². The number of methoxy groups -OCH3 is 1. The van der Waals surface area contributed by atoms with Crippen LogP contribution in [-0.4, -0.2) is 35.1 Å². The lowest BCUT2D eigenvalue weighted by molar-refractivity contribution is -0.147. The van der Waals surface area contributed by atoms with E-state index in [0.717, 1.165) is 37.1 Å². The first-order valence-electron chi connectivity index (χ1n) is 11.0. The second kappa shape index (κ2) is 9.77. The number of benzene rings is 2. The van der Waals surface area contributed by atoms with Gasteiger partial charge in [-0.1, -0.05) is 43.5 Å². The molecule has 1 saturated carbocycles. The van der Waals surface area contributed by atoms with E-state index in [4.69, 9.17) is 14.5 Å². The fourth-order valence-corrected chi connectivity index (χ4v) is 4.09. The van der Waals surface area contributed by atoms with Gasteiger partial charge in [-0.15, -0.1) is 0 Å². The van der Waals surface area contributed by atoms with Crippen molar-refractivity contribution in [3.63, 3.8) is 0 Å². The smallest absolute Gasteiger partial charge is 0.346 e. The second-order valence-electron chi connectivity index (χ2n) is 8.04. The highest BCUT2D eigenvalue weighted by Gasteiger charge is 2.22. The predicted octanol–water partition coefficient (Wildman–Crippen LogP) is 4.27. The summed E-state index contributed by atoms with van der Waals surface area (Å²) in [4.78, 5) is 29.7. The molecule has 0 N–H and O–H groups in total. The van der Waals surface area contributed by atoms with E-state index in [1.165, 1.54) is 18.2 Å². The average Bonchev–Trinajstić information content (AvgIpc) is 2.83. The molecule has 0 bridgehead atoms. The third kappa shape index (κ3) is 4.72. The summed E-state index contributed by atoms with van der Waals surface area (Å²) in [5.74, 6) is 1.00. The van der Waals surface area contributed by atoms with E-state index in [1.807, 2.05) is 30.3 Å². The third-order valence-electron chi connectivity index (χ3n) is 5.78. The number of esters is 1. The van der Waals surface area contributed by atoms with Crippen LogP contribution in [0, 0.1) is 0 Å². The molecule has 1 heterocycles. The maximum absolute atomic E-state index is 13.3. The van der Waals surface area contributed by atoms with E-state index >= 15 is 0 Å². The average molecular weight is 434 g/mol. The highest BCUT2D eigenvalue weighted by molar-refractivity contribution is 5.81. The van der Waals surface area contributed by atoms with E-state index in [0.29, 0.717) is 16.7 Å². The second-order valence-corrected chi connectivity index (χ2v) is 8.04. The summed E-state index contributed by atoms with van der Waals surface area (Å²) in [5, 5.41) is 5.09. The molecule has 1 aliphatic carbocycles. The molecule has 7 nitrogen and oxygen atoms in total. The number of fused-ring (bicyclic) bond motifs is 1. The first-order chi connectivity index (χ1) is 15.6. The van der Waals surface area contributed by atoms with Gasteiger partial charge in [-0.2, -0.15) is 9.78 Å². The van der Waals surface area contributed by atoms with Crippen LogP contribution in [-0.2, 0) is 9.53 Å². The maximum Gasteiger partial charge on any atom is 0.346 e. The van der Waals surface area contributed by atoms with Crippen molar-refractivity contribution in [2.75, 3.05) is 7.11 Å². The number of nitrogens with zero attached hydrogens (tertiary/aromatic N) is 3. The Hall–Kier alpha value is -3.48. The summed E-state index contributed by atoms with van der Waals surface area (Å²) < 4.78 is 11.8. The zero-order chi connectivity index (χ0) is 22.5. The largest absolute Gasteiger partial charge is 0.479 e. The van der Waals surface area contributed by atoms with Gasteiger partial charge in [0.25, 0.3) is 5.56 Å². The fraction of sp³-hybridized carbons (Fsp3) is 0.360. The molecule has 3 aromatic rings. The van der Waals surface area contributed by atoms with Gasteiger partial charge in [0.1, 0.15) is 11.6 Å². The number of ether oxygens (including phenoxy) is 2. The number of para-hydroxylation sites is 1. The van der Waals surface area contributed by atoms with E-state index in [9.17, 15) is 9.59 Å². The Kier molecular flexibility index (Phi) is 6.63. The molecule has 0 aliphatic heterocycles. The summed E-state index contributed by atoms with van der Waals surface area (Å²) in [6.07, 6.45) is 6.40. The molecular weight excluding hydrogens is 406 g/mol. The van der Waals surface area contributed by atoms with Gasteiger partial charge in [0.15, 0.2) is 6.10 Å². The highest BCUT2D eigenvalue weighted by atomic mass is 16.6. The van der Waals surface area contributed by atoms with Gasteiger partial charge >= 0.3 is 5.97 Å². The number of hydrogen-bond acceptors (Lipinski definition) is 6. The van der Waals surface area contributed by atoms with Gasteiger partial charge in [0.2, 0.25) is 0 Å². The molecule has 0 spiro atoms. The van der Waals surface area contributed by atoms with Crippen molar-refractivity contribution >= 4 is 23.1 Å². The molecule has 7 heteroatoms. The molecule has 1 aromatic heterocycles. The van der Waals surface area contributed by atoms with E-state index < -0.39 is 12.1 Å². The molecule has 0 saturated heterocycles. The first-order valence-corrected chi connectivity index (χ1v) is 11.0. The molecule has 1 fully saturated rings. The Balaban J connectivity index is 1.69. The Labute approximate surface area is 186 Å². The van der Waals surface area contributed by atoms with Crippen LogP contribution in [0.3, 0.4) is 0 Å².